The second-order valence-corrected chi connectivity index (χ2v) is 5.86. The van der Waals surface area contributed by atoms with Gasteiger partial charge < -0.3 is 10.5 Å². The van der Waals surface area contributed by atoms with Crippen molar-refractivity contribution >= 4 is 11.6 Å². The van der Waals surface area contributed by atoms with E-state index in [9.17, 15) is 0 Å². The smallest absolute Gasteiger partial charge is 0.123 e. The lowest BCUT2D eigenvalue weighted by molar-refractivity contribution is 0.153. The van der Waals surface area contributed by atoms with Gasteiger partial charge in [0, 0.05) is 35.3 Å². The molecule has 1 fully saturated rings. The van der Waals surface area contributed by atoms with Crippen molar-refractivity contribution in [2.45, 2.75) is 38.4 Å². The average Bonchev–Trinajstić information content (AvgIpc) is 2.56. The van der Waals surface area contributed by atoms with E-state index in [-0.39, 0.29) is 11.6 Å². The fourth-order valence-electron chi connectivity index (χ4n) is 2.53. The van der Waals surface area contributed by atoms with E-state index < -0.39 is 0 Å². The number of nitrogens with zero attached hydrogens (tertiary/aromatic N) is 1. The zero-order valence-corrected chi connectivity index (χ0v) is 12.0. The standard InChI is InChI=1S/C14H21ClN2O/c1-14(2)13(16)6-7-17(14)9-10-8-11(15)4-5-12(10)18-3/h4-5,8,13H,6-7,9,16H2,1-3H3. The van der Waals surface area contributed by atoms with Crippen LogP contribution in [0.5, 0.6) is 5.75 Å². The number of benzene rings is 1. The molecule has 3 nitrogen and oxygen atoms in total. The van der Waals surface area contributed by atoms with Crippen LogP contribution in [0.2, 0.25) is 5.02 Å². The fraction of sp³-hybridized carbons (Fsp3) is 0.571. The van der Waals surface area contributed by atoms with Crippen LogP contribution in [-0.4, -0.2) is 30.1 Å². The van der Waals surface area contributed by atoms with Crippen molar-refractivity contribution in [3.05, 3.63) is 28.8 Å². The van der Waals surface area contributed by atoms with Gasteiger partial charge in [-0.3, -0.25) is 4.90 Å². The number of nitrogens with two attached hydrogens (primary N) is 1. The van der Waals surface area contributed by atoms with E-state index in [1.807, 2.05) is 18.2 Å². The predicted molar refractivity (Wildman–Crippen MR) is 75.1 cm³/mol. The van der Waals surface area contributed by atoms with Crippen molar-refractivity contribution in [3.63, 3.8) is 0 Å². The maximum absolute atomic E-state index is 6.16. The first kappa shape index (κ1) is 13.7. The summed E-state index contributed by atoms with van der Waals surface area (Å²) in [6, 6.07) is 5.97. The third kappa shape index (κ3) is 2.48. The Morgan fingerprint density at radius 3 is 2.78 bits per heavy atom. The Labute approximate surface area is 114 Å². The van der Waals surface area contributed by atoms with Crippen LogP contribution >= 0.6 is 11.6 Å². The summed E-state index contributed by atoms with van der Waals surface area (Å²) in [5.74, 6) is 0.885. The number of ether oxygens (including phenoxy) is 1. The van der Waals surface area contributed by atoms with Crippen molar-refractivity contribution in [2.75, 3.05) is 13.7 Å². The second kappa shape index (κ2) is 5.08. The molecular weight excluding hydrogens is 248 g/mol. The number of methoxy groups -OCH3 is 1. The number of rotatable bonds is 3. The molecular formula is C14H21ClN2O. The third-order valence-corrected chi connectivity index (χ3v) is 4.27. The van der Waals surface area contributed by atoms with Gasteiger partial charge in [0.25, 0.3) is 0 Å². The van der Waals surface area contributed by atoms with Gasteiger partial charge in [0.1, 0.15) is 5.75 Å². The van der Waals surface area contributed by atoms with Crippen LogP contribution in [0.4, 0.5) is 0 Å². The molecule has 2 rings (SSSR count). The van der Waals surface area contributed by atoms with Crippen molar-refractivity contribution in [2.24, 2.45) is 5.73 Å². The molecule has 1 saturated heterocycles. The molecule has 0 saturated carbocycles. The van der Waals surface area contributed by atoms with E-state index in [1.54, 1.807) is 7.11 Å². The summed E-state index contributed by atoms with van der Waals surface area (Å²) in [5, 5.41) is 0.743. The number of hydrogen-bond donors (Lipinski definition) is 1. The highest BCUT2D eigenvalue weighted by molar-refractivity contribution is 6.30. The maximum atomic E-state index is 6.16. The summed E-state index contributed by atoms with van der Waals surface area (Å²) in [4.78, 5) is 2.39. The number of hydrogen-bond acceptors (Lipinski definition) is 3. The van der Waals surface area contributed by atoms with E-state index >= 15 is 0 Å². The van der Waals surface area contributed by atoms with Crippen molar-refractivity contribution in [1.29, 1.82) is 0 Å². The van der Waals surface area contributed by atoms with Gasteiger partial charge >= 0.3 is 0 Å². The molecule has 1 aliphatic rings. The molecule has 1 aliphatic heterocycles. The largest absolute Gasteiger partial charge is 0.496 e. The van der Waals surface area contributed by atoms with Crippen LogP contribution in [0, 0.1) is 0 Å². The molecule has 1 heterocycles. The van der Waals surface area contributed by atoms with Gasteiger partial charge in [-0.1, -0.05) is 11.6 Å². The van der Waals surface area contributed by atoms with Gasteiger partial charge in [0.15, 0.2) is 0 Å². The van der Waals surface area contributed by atoms with Crippen LogP contribution < -0.4 is 10.5 Å². The molecule has 0 aromatic heterocycles. The molecule has 1 aromatic rings. The summed E-state index contributed by atoms with van der Waals surface area (Å²) in [7, 11) is 1.69. The summed E-state index contributed by atoms with van der Waals surface area (Å²) < 4.78 is 5.39. The van der Waals surface area contributed by atoms with Gasteiger partial charge in [-0.05, 0) is 38.5 Å². The molecule has 0 spiro atoms. The Morgan fingerprint density at radius 2 is 2.22 bits per heavy atom. The van der Waals surface area contributed by atoms with Crippen LogP contribution in [0.1, 0.15) is 25.8 Å². The molecule has 1 atom stereocenters. The van der Waals surface area contributed by atoms with Crippen molar-refractivity contribution in [1.82, 2.24) is 4.90 Å². The SMILES string of the molecule is COc1ccc(Cl)cc1CN1CCC(N)C1(C)C. The third-order valence-electron chi connectivity index (χ3n) is 4.04. The van der Waals surface area contributed by atoms with E-state index in [4.69, 9.17) is 22.1 Å². The van der Waals surface area contributed by atoms with Crippen LogP contribution in [0.25, 0.3) is 0 Å². The normalized spacial score (nSPS) is 23.3. The minimum absolute atomic E-state index is 0.0212. The molecule has 2 N–H and O–H groups in total. The van der Waals surface area contributed by atoms with Gasteiger partial charge in [0.2, 0.25) is 0 Å². The maximum Gasteiger partial charge on any atom is 0.123 e. The molecule has 0 amide bonds. The Bertz CT molecular complexity index is 434. The number of likely N-dealkylation sites (tertiary alicyclic amines) is 1. The molecule has 18 heavy (non-hydrogen) atoms. The van der Waals surface area contributed by atoms with Crippen LogP contribution in [-0.2, 0) is 6.54 Å². The van der Waals surface area contributed by atoms with E-state index in [1.165, 1.54) is 0 Å². The van der Waals surface area contributed by atoms with Crippen LogP contribution in [0.15, 0.2) is 18.2 Å². The quantitative estimate of drug-likeness (QED) is 0.916. The summed E-state index contributed by atoms with van der Waals surface area (Å²) >= 11 is 6.06. The summed E-state index contributed by atoms with van der Waals surface area (Å²) in [5.41, 5.74) is 7.30. The highest BCUT2D eigenvalue weighted by Gasteiger charge is 2.38. The highest BCUT2D eigenvalue weighted by atomic mass is 35.5. The first-order valence-corrected chi connectivity index (χ1v) is 6.66. The first-order valence-electron chi connectivity index (χ1n) is 6.28. The first-order chi connectivity index (χ1) is 8.45. The number of halogens is 1. The summed E-state index contributed by atoms with van der Waals surface area (Å²) in [6.07, 6.45) is 1.04. The highest BCUT2D eigenvalue weighted by Crippen LogP contribution is 2.32. The topological polar surface area (TPSA) is 38.5 Å². The van der Waals surface area contributed by atoms with Crippen molar-refractivity contribution in [3.8, 4) is 5.75 Å². The average molecular weight is 269 g/mol. The predicted octanol–water partition coefficient (Wildman–Crippen LogP) is 2.66. The molecule has 1 unspecified atom stereocenters. The molecule has 0 bridgehead atoms. The second-order valence-electron chi connectivity index (χ2n) is 5.43. The Hall–Kier alpha value is -0.770. The molecule has 4 heteroatoms. The monoisotopic (exact) mass is 268 g/mol. The lowest BCUT2D eigenvalue weighted by atomic mass is 9.96. The van der Waals surface area contributed by atoms with Gasteiger partial charge in [-0.15, -0.1) is 0 Å². The van der Waals surface area contributed by atoms with Gasteiger partial charge in [-0.2, -0.15) is 0 Å². The Morgan fingerprint density at radius 1 is 1.50 bits per heavy atom. The van der Waals surface area contributed by atoms with E-state index in [0.717, 1.165) is 35.8 Å². The lowest BCUT2D eigenvalue weighted by Gasteiger charge is -2.34. The molecule has 1 aromatic carbocycles. The zero-order chi connectivity index (χ0) is 13.3. The minimum Gasteiger partial charge on any atom is -0.496 e. The van der Waals surface area contributed by atoms with Crippen molar-refractivity contribution < 1.29 is 4.74 Å². The fourth-order valence-corrected chi connectivity index (χ4v) is 2.72. The van der Waals surface area contributed by atoms with Crippen LogP contribution in [0.3, 0.4) is 0 Å². The minimum atomic E-state index is 0.0212. The Kier molecular flexibility index (Phi) is 3.85. The van der Waals surface area contributed by atoms with Gasteiger partial charge in [0.05, 0.1) is 7.11 Å². The zero-order valence-electron chi connectivity index (χ0n) is 11.2. The summed E-state index contributed by atoms with van der Waals surface area (Å²) in [6.45, 7) is 6.23. The Balaban J connectivity index is 2.22. The molecule has 100 valence electrons. The van der Waals surface area contributed by atoms with E-state index in [0.29, 0.717) is 0 Å². The molecule has 0 aliphatic carbocycles. The van der Waals surface area contributed by atoms with E-state index in [2.05, 4.69) is 18.7 Å². The van der Waals surface area contributed by atoms with Gasteiger partial charge in [-0.25, -0.2) is 0 Å². The molecule has 0 radical (unpaired) electrons. The lowest BCUT2D eigenvalue weighted by Crippen LogP contribution is -2.48.